The van der Waals surface area contributed by atoms with E-state index < -0.39 is 16.1 Å². The average molecular weight is 324 g/mol. The summed E-state index contributed by atoms with van der Waals surface area (Å²) in [6, 6.07) is -0.558. The molecule has 1 unspecified atom stereocenters. The lowest BCUT2D eigenvalue weighted by molar-refractivity contribution is -0.134. The maximum atomic E-state index is 12.5. The van der Waals surface area contributed by atoms with Crippen LogP contribution < -0.4 is 4.72 Å². The van der Waals surface area contributed by atoms with E-state index in [1.54, 1.807) is 23.6 Å². The number of rotatable bonds is 10. The summed E-state index contributed by atoms with van der Waals surface area (Å²) in [5.41, 5.74) is 0. The summed E-state index contributed by atoms with van der Waals surface area (Å²) in [6.45, 7) is 1.72. The second kappa shape index (κ2) is 8.21. The van der Waals surface area contributed by atoms with Gasteiger partial charge in [0.2, 0.25) is 15.9 Å². The molecule has 1 atom stereocenters. The molecule has 8 heteroatoms. The van der Waals surface area contributed by atoms with Gasteiger partial charge in [-0.15, -0.1) is 0 Å². The molecule has 118 valence electrons. The minimum atomic E-state index is -3.42. The highest BCUT2D eigenvalue weighted by Crippen LogP contribution is 2.27. The van der Waals surface area contributed by atoms with Gasteiger partial charge >= 0.3 is 0 Å². The quantitative estimate of drug-likeness (QED) is 0.592. The Morgan fingerprint density at radius 1 is 1.50 bits per heavy atom. The Labute approximate surface area is 125 Å². The number of amides is 1. The van der Waals surface area contributed by atoms with Crippen LogP contribution in [0.4, 0.5) is 0 Å². The van der Waals surface area contributed by atoms with Gasteiger partial charge in [-0.05, 0) is 38.2 Å². The van der Waals surface area contributed by atoms with Crippen LogP contribution in [0.3, 0.4) is 0 Å². The number of thioether (sulfide) groups is 1. The highest BCUT2D eigenvalue weighted by molar-refractivity contribution is 7.98. The molecule has 1 amide bonds. The summed E-state index contributed by atoms with van der Waals surface area (Å²) >= 11 is 1.58. The first-order valence-corrected chi connectivity index (χ1v) is 9.90. The van der Waals surface area contributed by atoms with Crippen molar-refractivity contribution in [1.82, 2.24) is 9.62 Å². The molecular formula is C12H24N2O4S2. The van der Waals surface area contributed by atoms with Crippen molar-refractivity contribution in [2.24, 2.45) is 0 Å². The number of carbonyl (C=O) groups is 1. The third kappa shape index (κ3) is 5.59. The lowest BCUT2D eigenvalue weighted by Crippen LogP contribution is -2.50. The average Bonchev–Trinajstić information content (AvgIpc) is 3.24. The highest BCUT2D eigenvalue weighted by atomic mass is 32.2. The van der Waals surface area contributed by atoms with Crippen molar-refractivity contribution in [1.29, 1.82) is 0 Å². The van der Waals surface area contributed by atoms with Crippen LogP contribution in [-0.2, 0) is 14.8 Å². The van der Waals surface area contributed by atoms with Crippen LogP contribution in [0.2, 0.25) is 0 Å². The molecular weight excluding hydrogens is 300 g/mol. The predicted molar refractivity (Wildman–Crippen MR) is 81.2 cm³/mol. The molecule has 0 spiro atoms. The number of nitrogens with zero attached hydrogens (tertiary/aromatic N) is 1. The molecule has 0 aromatic rings. The van der Waals surface area contributed by atoms with Gasteiger partial charge in [0.15, 0.2) is 0 Å². The van der Waals surface area contributed by atoms with Crippen molar-refractivity contribution in [3.05, 3.63) is 0 Å². The standard InChI is InChI=1S/C12H24N2O4S2/c1-3-20(17,18)13-11(6-9-19-2)12(16)14(7-8-15)10-4-5-10/h10-11,13,15H,3-9H2,1-2H3. The SMILES string of the molecule is CCS(=O)(=O)NC(CCSC)C(=O)N(CCO)C1CC1. The first kappa shape index (κ1) is 17.7. The second-order valence-corrected chi connectivity index (χ2v) is 7.87. The van der Waals surface area contributed by atoms with Crippen LogP contribution in [-0.4, -0.2) is 67.3 Å². The number of carbonyl (C=O) groups excluding carboxylic acids is 1. The molecule has 0 bridgehead atoms. The van der Waals surface area contributed by atoms with Crippen LogP contribution in [0, 0.1) is 0 Å². The molecule has 0 aliphatic heterocycles. The minimum Gasteiger partial charge on any atom is -0.395 e. The van der Waals surface area contributed by atoms with Gasteiger partial charge in [-0.25, -0.2) is 13.1 Å². The Bertz CT molecular complexity index is 410. The van der Waals surface area contributed by atoms with E-state index in [9.17, 15) is 13.2 Å². The van der Waals surface area contributed by atoms with Gasteiger partial charge < -0.3 is 10.0 Å². The number of sulfonamides is 1. The summed E-state index contributed by atoms with van der Waals surface area (Å²) in [5, 5.41) is 9.06. The maximum absolute atomic E-state index is 12.5. The molecule has 2 N–H and O–H groups in total. The molecule has 0 aromatic heterocycles. The topological polar surface area (TPSA) is 86.7 Å². The molecule has 0 radical (unpaired) electrons. The largest absolute Gasteiger partial charge is 0.395 e. The zero-order valence-corrected chi connectivity index (χ0v) is 13.7. The van der Waals surface area contributed by atoms with Crippen molar-refractivity contribution < 1.29 is 18.3 Å². The van der Waals surface area contributed by atoms with E-state index in [1.165, 1.54) is 0 Å². The number of aliphatic hydroxyl groups is 1. The zero-order valence-electron chi connectivity index (χ0n) is 12.0. The summed E-state index contributed by atoms with van der Waals surface area (Å²) < 4.78 is 25.9. The van der Waals surface area contributed by atoms with Crippen LogP contribution in [0.5, 0.6) is 0 Å². The maximum Gasteiger partial charge on any atom is 0.241 e. The summed E-state index contributed by atoms with van der Waals surface area (Å²) in [4.78, 5) is 14.1. The van der Waals surface area contributed by atoms with E-state index in [2.05, 4.69) is 4.72 Å². The zero-order chi connectivity index (χ0) is 15.2. The van der Waals surface area contributed by atoms with E-state index in [-0.39, 0.29) is 30.9 Å². The first-order chi connectivity index (χ1) is 9.45. The molecule has 1 saturated carbocycles. The predicted octanol–water partition coefficient (Wildman–Crippen LogP) is 0.0307. The molecule has 1 fully saturated rings. The van der Waals surface area contributed by atoms with Crippen molar-refractivity contribution >= 4 is 27.7 Å². The molecule has 1 aliphatic rings. The third-order valence-corrected chi connectivity index (χ3v) is 5.27. The smallest absolute Gasteiger partial charge is 0.241 e. The fraction of sp³-hybridized carbons (Fsp3) is 0.917. The van der Waals surface area contributed by atoms with Crippen LogP contribution in [0.15, 0.2) is 0 Å². The van der Waals surface area contributed by atoms with Gasteiger partial charge in [0.05, 0.1) is 12.4 Å². The van der Waals surface area contributed by atoms with E-state index in [0.29, 0.717) is 12.2 Å². The van der Waals surface area contributed by atoms with Gasteiger partial charge in [0, 0.05) is 12.6 Å². The van der Waals surface area contributed by atoms with E-state index in [1.807, 2.05) is 6.26 Å². The molecule has 6 nitrogen and oxygen atoms in total. The molecule has 1 aliphatic carbocycles. The lowest BCUT2D eigenvalue weighted by Gasteiger charge is -2.27. The van der Waals surface area contributed by atoms with Crippen LogP contribution >= 0.6 is 11.8 Å². The van der Waals surface area contributed by atoms with E-state index >= 15 is 0 Å². The van der Waals surface area contributed by atoms with Crippen molar-refractivity contribution in [3.63, 3.8) is 0 Å². The fourth-order valence-corrected chi connectivity index (χ4v) is 3.23. The van der Waals surface area contributed by atoms with Crippen molar-refractivity contribution in [2.45, 2.75) is 38.3 Å². The lowest BCUT2D eigenvalue weighted by atomic mass is 10.2. The van der Waals surface area contributed by atoms with Gasteiger partial charge in [0.1, 0.15) is 6.04 Å². The molecule has 1 rings (SSSR count). The molecule has 20 heavy (non-hydrogen) atoms. The normalized spacial score (nSPS) is 16.9. The molecule has 0 heterocycles. The van der Waals surface area contributed by atoms with Crippen LogP contribution in [0.1, 0.15) is 26.2 Å². The Balaban J connectivity index is 2.76. The van der Waals surface area contributed by atoms with Crippen LogP contribution in [0.25, 0.3) is 0 Å². The van der Waals surface area contributed by atoms with Gasteiger partial charge in [-0.3, -0.25) is 4.79 Å². The second-order valence-electron chi connectivity index (χ2n) is 4.84. The van der Waals surface area contributed by atoms with Gasteiger partial charge in [-0.1, -0.05) is 0 Å². The fourth-order valence-electron chi connectivity index (χ4n) is 1.94. The molecule has 0 saturated heterocycles. The summed E-state index contributed by atoms with van der Waals surface area (Å²) in [6.07, 6.45) is 4.25. The van der Waals surface area contributed by atoms with Gasteiger partial charge in [0.25, 0.3) is 0 Å². The Morgan fingerprint density at radius 2 is 2.15 bits per heavy atom. The Kier molecular flexibility index (Phi) is 7.28. The minimum absolute atomic E-state index is 0.0422. The number of hydrogen-bond donors (Lipinski definition) is 2. The van der Waals surface area contributed by atoms with Crippen molar-refractivity contribution in [2.75, 3.05) is 30.9 Å². The van der Waals surface area contributed by atoms with Gasteiger partial charge in [-0.2, -0.15) is 11.8 Å². The van der Waals surface area contributed by atoms with Crippen molar-refractivity contribution in [3.8, 4) is 0 Å². The number of nitrogens with one attached hydrogen (secondary N) is 1. The number of aliphatic hydroxyl groups excluding tert-OH is 1. The molecule has 0 aromatic carbocycles. The highest BCUT2D eigenvalue weighted by Gasteiger charge is 2.36. The summed E-state index contributed by atoms with van der Waals surface area (Å²) in [5.74, 6) is 0.451. The Morgan fingerprint density at radius 3 is 2.60 bits per heavy atom. The van der Waals surface area contributed by atoms with E-state index in [0.717, 1.165) is 12.8 Å². The third-order valence-electron chi connectivity index (χ3n) is 3.22. The Hall–Kier alpha value is -0.310. The number of hydrogen-bond acceptors (Lipinski definition) is 5. The first-order valence-electron chi connectivity index (χ1n) is 6.85. The summed E-state index contributed by atoms with van der Waals surface area (Å²) in [7, 11) is -3.42. The van der Waals surface area contributed by atoms with E-state index in [4.69, 9.17) is 5.11 Å². The monoisotopic (exact) mass is 324 g/mol.